The van der Waals surface area contributed by atoms with Gasteiger partial charge in [0.05, 0.1) is 18.5 Å². The normalized spacial score (nSPS) is 10.4. The molecule has 6 nitrogen and oxygen atoms in total. The zero-order valence-corrected chi connectivity index (χ0v) is 14.7. The highest BCUT2D eigenvalue weighted by atomic mass is 32.1. The van der Waals surface area contributed by atoms with E-state index in [2.05, 4.69) is 14.7 Å². The van der Waals surface area contributed by atoms with Crippen LogP contribution < -0.4 is 0 Å². The molecule has 2 aromatic rings. The minimum atomic E-state index is -0.319. The van der Waals surface area contributed by atoms with E-state index in [1.54, 1.807) is 28.6 Å². The molecule has 0 spiro atoms. The predicted molar refractivity (Wildman–Crippen MR) is 91.5 cm³/mol. The Balaban J connectivity index is 1.97. The van der Waals surface area contributed by atoms with E-state index < -0.39 is 0 Å². The van der Waals surface area contributed by atoms with Crippen molar-refractivity contribution in [3.05, 3.63) is 46.2 Å². The first-order valence-corrected chi connectivity index (χ1v) is 8.55. The minimum Gasteiger partial charge on any atom is -0.469 e. The standard InChI is InChI=1S/C17H21N3O3S/c1-13-19-11-15(24-13)3-4-16(21)20(10-7-17(22)23-2)12-14-5-8-18-9-6-14/h5-6,8-9,11H,3-4,7,10,12H2,1-2H3. The lowest BCUT2D eigenvalue weighted by molar-refractivity contribution is -0.141. The number of rotatable bonds is 8. The number of aryl methyl sites for hydroxylation is 2. The van der Waals surface area contributed by atoms with Gasteiger partial charge in [0.1, 0.15) is 0 Å². The Hall–Kier alpha value is -2.28. The molecule has 2 rings (SSSR count). The van der Waals surface area contributed by atoms with Gasteiger partial charge in [0.2, 0.25) is 5.91 Å². The zero-order valence-electron chi connectivity index (χ0n) is 13.9. The van der Waals surface area contributed by atoms with Gasteiger partial charge in [-0.3, -0.25) is 14.6 Å². The van der Waals surface area contributed by atoms with Crippen LogP contribution in [0, 0.1) is 6.92 Å². The molecule has 2 aromatic heterocycles. The van der Waals surface area contributed by atoms with Crippen molar-refractivity contribution in [2.75, 3.05) is 13.7 Å². The van der Waals surface area contributed by atoms with Gasteiger partial charge < -0.3 is 9.64 Å². The van der Waals surface area contributed by atoms with Gasteiger partial charge in [0.15, 0.2) is 0 Å². The van der Waals surface area contributed by atoms with Crippen molar-refractivity contribution in [2.24, 2.45) is 0 Å². The molecule has 0 atom stereocenters. The molecule has 128 valence electrons. The number of esters is 1. The number of nitrogens with zero attached hydrogens (tertiary/aromatic N) is 3. The molecule has 0 saturated heterocycles. The summed E-state index contributed by atoms with van der Waals surface area (Å²) in [4.78, 5) is 34.9. The second-order valence-corrected chi connectivity index (χ2v) is 6.66. The SMILES string of the molecule is COC(=O)CCN(Cc1ccncc1)C(=O)CCc1cnc(C)s1. The number of amides is 1. The van der Waals surface area contributed by atoms with Gasteiger partial charge in [-0.05, 0) is 31.0 Å². The molecule has 0 aliphatic heterocycles. The smallest absolute Gasteiger partial charge is 0.307 e. The number of methoxy groups -OCH3 is 1. The maximum Gasteiger partial charge on any atom is 0.307 e. The first-order chi connectivity index (χ1) is 11.6. The van der Waals surface area contributed by atoms with Gasteiger partial charge in [-0.15, -0.1) is 11.3 Å². The summed E-state index contributed by atoms with van der Waals surface area (Å²) in [6.07, 6.45) is 6.45. The topological polar surface area (TPSA) is 72.4 Å². The van der Waals surface area contributed by atoms with Crippen molar-refractivity contribution in [1.82, 2.24) is 14.9 Å². The zero-order chi connectivity index (χ0) is 17.4. The van der Waals surface area contributed by atoms with Crippen LogP contribution in [0.1, 0.15) is 28.3 Å². The van der Waals surface area contributed by atoms with Crippen LogP contribution in [0.3, 0.4) is 0 Å². The summed E-state index contributed by atoms with van der Waals surface area (Å²) in [5, 5.41) is 0.997. The van der Waals surface area contributed by atoms with Crippen molar-refractivity contribution in [3.63, 3.8) is 0 Å². The Morgan fingerprint density at radius 3 is 2.62 bits per heavy atom. The van der Waals surface area contributed by atoms with Crippen molar-refractivity contribution in [1.29, 1.82) is 0 Å². The van der Waals surface area contributed by atoms with Gasteiger partial charge >= 0.3 is 5.97 Å². The highest BCUT2D eigenvalue weighted by molar-refractivity contribution is 7.11. The fraction of sp³-hybridized carbons (Fsp3) is 0.412. The first kappa shape index (κ1) is 18.1. The highest BCUT2D eigenvalue weighted by Crippen LogP contribution is 2.15. The fourth-order valence-corrected chi connectivity index (χ4v) is 3.03. The fourth-order valence-electron chi connectivity index (χ4n) is 2.24. The van der Waals surface area contributed by atoms with E-state index in [4.69, 9.17) is 0 Å². The monoisotopic (exact) mass is 347 g/mol. The summed E-state index contributed by atoms with van der Waals surface area (Å²) in [5.74, 6) is -0.303. The lowest BCUT2D eigenvalue weighted by atomic mass is 10.2. The Morgan fingerprint density at radius 1 is 1.25 bits per heavy atom. The number of carbonyl (C=O) groups excluding carboxylic acids is 2. The van der Waals surface area contributed by atoms with Crippen LogP contribution in [0.15, 0.2) is 30.7 Å². The van der Waals surface area contributed by atoms with Gasteiger partial charge in [-0.25, -0.2) is 4.98 Å². The molecule has 0 unspecified atom stereocenters. The summed E-state index contributed by atoms with van der Waals surface area (Å²) in [5.41, 5.74) is 0.983. The van der Waals surface area contributed by atoms with Crippen LogP contribution in [0.2, 0.25) is 0 Å². The number of hydrogen-bond acceptors (Lipinski definition) is 6. The predicted octanol–water partition coefficient (Wildman–Crippen LogP) is 2.37. The molecule has 2 heterocycles. The van der Waals surface area contributed by atoms with E-state index in [0.717, 1.165) is 15.4 Å². The minimum absolute atomic E-state index is 0.0155. The van der Waals surface area contributed by atoms with Crippen LogP contribution in [0.25, 0.3) is 0 Å². The van der Waals surface area contributed by atoms with Crippen LogP contribution in [0.4, 0.5) is 0 Å². The summed E-state index contributed by atoms with van der Waals surface area (Å²) < 4.78 is 4.67. The number of aromatic nitrogens is 2. The summed E-state index contributed by atoms with van der Waals surface area (Å²) >= 11 is 1.60. The number of pyridine rings is 1. The van der Waals surface area contributed by atoms with Gasteiger partial charge in [0.25, 0.3) is 0 Å². The highest BCUT2D eigenvalue weighted by Gasteiger charge is 2.16. The molecule has 0 aliphatic rings. The quantitative estimate of drug-likeness (QED) is 0.686. The van der Waals surface area contributed by atoms with Crippen LogP contribution in [-0.2, 0) is 27.3 Å². The lowest BCUT2D eigenvalue weighted by Gasteiger charge is -2.22. The third kappa shape index (κ3) is 5.73. The number of thiazole rings is 1. The average Bonchev–Trinajstić information content (AvgIpc) is 3.02. The van der Waals surface area contributed by atoms with Gasteiger partial charge in [0, 0.05) is 43.0 Å². The average molecular weight is 347 g/mol. The molecule has 7 heteroatoms. The Morgan fingerprint density at radius 2 is 2.00 bits per heavy atom. The van der Waals surface area contributed by atoms with E-state index in [9.17, 15) is 9.59 Å². The molecule has 0 aromatic carbocycles. The Bertz CT molecular complexity index is 673. The molecule has 24 heavy (non-hydrogen) atoms. The van der Waals surface area contributed by atoms with E-state index >= 15 is 0 Å². The number of carbonyl (C=O) groups is 2. The maximum atomic E-state index is 12.6. The van der Waals surface area contributed by atoms with Crippen LogP contribution in [0.5, 0.6) is 0 Å². The molecule has 0 fully saturated rings. The molecule has 0 bridgehead atoms. The molecule has 0 saturated carbocycles. The van der Waals surface area contributed by atoms with Crippen molar-refractivity contribution in [3.8, 4) is 0 Å². The Labute approximate surface area is 145 Å². The number of hydrogen-bond donors (Lipinski definition) is 0. The van der Waals surface area contributed by atoms with Gasteiger partial charge in [-0.2, -0.15) is 0 Å². The summed E-state index contributed by atoms with van der Waals surface area (Å²) in [6, 6.07) is 3.73. The molecule has 0 radical (unpaired) electrons. The molecular weight excluding hydrogens is 326 g/mol. The van der Waals surface area contributed by atoms with E-state index in [0.29, 0.717) is 25.9 Å². The molecule has 0 N–H and O–H groups in total. The van der Waals surface area contributed by atoms with E-state index in [1.807, 2.05) is 25.3 Å². The molecule has 1 amide bonds. The van der Waals surface area contributed by atoms with Crippen molar-refractivity contribution < 1.29 is 14.3 Å². The summed E-state index contributed by atoms with van der Waals surface area (Å²) in [7, 11) is 1.35. The van der Waals surface area contributed by atoms with Crippen molar-refractivity contribution >= 4 is 23.2 Å². The maximum absolute atomic E-state index is 12.6. The second-order valence-electron chi connectivity index (χ2n) is 5.34. The van der Waals surface area contributed by atoms with Gasteiger partial charge in [-0.1, -0.05) is 0 Å². The largest absolute Gasteiger partial charge is 0.469 e. The van der Waals surface area contributed by atoms with Crippen molar-refractivity contribution in [2.45, 2.75) is 32.7 Å². The molecule has 0 aliphatic carbocycles. The third-order valence-corrected chi connectivity index (χ3v) is 4.52. The Kier molecular flexibility index (Phi) is 6.87. The van der Waals surface area contributed by atoms with E-state index in [1.165, 1.54) is 7.11 Å². The van der Waals surface area contributed by atoms with E-state index in [-0.39, 0.29) is 18.3 Å². The summed E-state index contributed by atoms with van der Waals surface area (Å²) in [6.45, 7) is 2.75. The third-order valence-electron chi connectivity index (χ3n) is 3.54. The first-order valence-electron chi connectivity index (χ1n) is 7.73. The number of ether oxygens (including phenoxy) is 1. The van der Waals surface area contributed by atoms with Crippen LogP contribution in [-0.4, -0.2) is 40.4 Å². The van der Waals surface area contributed by atoms with Crippen LogP contribution >= 0.6 is 11.3 Å². The lowest BCUT2D eigenvalue weighted by Crippen LogP contribution is -2.33. The molecular formula is C17H21N3O3S. The second kappa shape index (κ2) is 9.12.